The van der Waals surface area contributed by atoms with Gasteiger partial charge in [-0.25, -0.2) is 0 Å². The summed E-state index contributed by atoms with van der Waals surface area (Å²) in [6.07, 6.45) is 77.8. The Morgan fingerprint density at radius 2 is 0.549 bits per heavy atom. The van der Waals surface area contributed by atoms with E-state index in [0.29, 0.717) is 19.3 Å². The topological polar surface area (TPSA) is 78.9 Å². The Morgan fingerprint density at radius 1 is 0.296 bits per heavy atom. The van der Waals surface area contributed by atoms with E-state index in [1.165, 1.54) is 148 Å². The van der Waals surface area contributed by atoms with Crippen LogP contribution >= 0.6 is 0 Å². The second-order valence-corrected chi connectivity index (χ2v) is 19.9. The normalized spacial score (nSPS) is 12.7. The summed E-state index contributed by atoms with van der Waals surface area (Å²) in [5.74, 6) is -0.945. The van der Waals surface area contributed by atoms with E-state index in [1.807, 2.05) is 0 Å². The fraction of sp³-hybridized carbons (Fsp3) is 0.738. The molecule has 0 aromatic rings. The number of hydrogen-bond acceptors (Lipinski definition) is 6. The fourth-order valence-electron chi connectivity index (χ4n) is 8.38. The Kier molecular flexibility index (Phi) is 56.3. The van der Waals surface area contributed by atoms with E-state index < -0.39 is 6.10 Å². The molecule has 0 spiro atoms. The minimum atomic E-state index is -0.796. The van der Waals surface area contributed by atoms with E-state index in [9.17, 15) is 14.4 Å². The first-order valence-electron chi connectivity index (χ1n) is 30.1. The molecule has 0 amide bonds. The van der Waals surface area contributed by atoms with Crippen LogP contribution in [0.25, 0.3) is 0 Å². The van der Waals surface area contributed by atoms with Crippen LogP contribution < -0.4 is 0 Å². The quantitative estimate of drug-likeness (QED) is 0.0261. The van der Waals surface area contributed by atoms with Crippen molar-refractivity contribution < 1.29 is 28.6 Å². The lowest BCUT2D eigenvalue weighted by Gasteiger charge is -2.18. The van der Waals surface area contributed by atoms with Gasteiger partial charge in [-0.15, -0.1) is 0 Å². The first kappa shape index (κ1) is 67.6. The summed E-state index contributed by atoms with van der Waals surface area (Å²) < 4.78 is 16.7. The van der Waals surface area contributed by atoms with Gasteiger partial charge in [-0.2, -0.15) is 0 Å². The molecule has 6 heteroatoms. The number of ether oxygens (including phenoxy) is 3. The van der Waals surface area contributed by atoms with Crippen LogP contribution in [0.15, 0.2) is 85.1 Å². The van der Waals surface area contributed by atoms with Crippen LogP contribution in [0.1, 0.15) is 290 Å². The third-order valence-corrected chi connectivity index (χ3v) is 12.9. The predicted octanol–water partition coefficient (Wildman–Crippen LogP) is 20.3. The van der Waals surface area contributed by atoms with Crippen molar-refractivity contribution in [2.45, 2.75) is 297 Å². The van der Waals surface area contributed by atoms with Crippen molar-refractivity contribution in [2.75, 3.05) is 13.2 Å². The van der Waals surface area contributed by atoms with Crippen molar-refractivity contribution in [1.29, 1.82) is 0 Å². The maximum absolute atomic E-state index is 12.8. The highest BCUT2D eigenvalue weighted by Gasteiger charge is 2.19. The molecule has 0 saturated heterocycles. The van der Waals surface area contributed by atoms with Crippen molar-refractivity contribution in [3.05, 3.63) is 85.1 Å². The van der Waals surface area contributed by atoms with Gasteiger partial charge in [0, 0.05) is 19.3 Å². The van der Waals surface area contributed by atoms with Gasteiger partial charge in [0.15, 0.2) is 6.10 Å². The number of hydrogen-bond donors (Lipinski definition) is 0. The maximum Gasteiger partial charge on any atom is 0.306 e. The van der Waals surface area contributed by atoms with Crippen molar-refractivity contribution >= 4 is 17.9 Å². The standard InChI is InChI=1S/C65H112O6/c1-4-7-10-13-15-17-19-21-23-25-27-29-30-31-32-33-34-36-37-39-41-43-45-47-49-52-55-58-64(67)70-61-62(60-69-63(66)57-54-51-12-9-6-3)71-65(68)59-56-53-50-48-46-44-42-40-38-35-28-26-24-22-20-18-16-14-11-8-5-2/h8,11,16,18,22,24-25,27-28,35,40,42,46,48,62H,4-7,9-10,12-15,17,19-21,23,26,29-34,36-39,41,43-45,47,49-61H2,1-3H3/b11-8-,18-16-,24-22-,27-25-,35-28-,42-40-,48-46-. The minimum Gasteiger partial charge on any atom is -0.462 e. The lowest BCUT2D eigenvalue weighted by Crippen LogP contribution is -2.30. The molecule has 0 aromatic carbocycles. The summed E-state index contributed by atoms with van der Waals surface area (Å²) in [5, 5.41) is 0. The van der Waals surface area contributed by atoms with Gasteiger partial charge in [0.05, 0.1) is 0 Å². The molecule has 0 fully saturated rings. The molecule has 0 aliphatic carbocycles. The van der Waals surface area contributed by atoms with Gasteiger partial charge in [0.25, 0.3) is 0 Å². The summed E-state index contributed by atoms with van der Waals surface area (Å²) in [7, 11) is 0. The average Bonchev–Trinajstić information content (AvgIpc) is 3.37. The van der Waals surface area contributed by atoms with Crippen LogP contribution in [-0.4, -0.2) is 37.2 Å². The van der Waals surface area contributed by atoms with Crippen LogP contribution in [0, 0.1) is 0 Å². The van der Waals surface area contributed by atoms with Gasteiger partial charge in [-0.1, -0.05) is 260 Å². The van der Waals surface area contributed by atoms with E-state index in [4.69, 9.17) is 14.2 Å². The number of rotatable bonds is 54. The molecule has 0 aromatic heterocycles. The van der Waals surface area contributed by atoms with Crippen LogP contribution in [0.3, 0.4) is 0 Å². The highest BCUT2D eigenvalue weighted by Crippen LogP contribution is 2.16. The highest BCUT2D eigenvalue weighted by molar-refractivity contribution is 5.71. The number of unbranched alkanes of at least 4 members (excludes halogenated alkanes) is 29. The Balaban J connectivity index is 4.10. The average molecular weight is 990 g/mol. The molecular weight excluding hydrogens is 877 g/mol. The second-order valence-electron chi connectivity index (χ2n) is 19.9. The molecule has 71 heavy (non-hydrogen) atoms. The molecule has 1 atom stereocenters. The van der Waals surface area contributed by atoms with Crippen LogP contribution in [0.2, 0.25) is 0 Å². The van der Waals surface area contributed by atoms with Crippen molar-refractivity contribution in [3.8, 4) is 0 Å². The van der Waals surface area contributed by atoms with Gasteiger partial charge in [-0.3, -0.25) is 14.4 Å². The number of esters is 3. The van der Waals surface area contributed by atoms with Gasteiger partial charge in [0.2, 0.25) is 0 Å². The summed E-state index contributed by atoms with van der Waals surface area (Å²) in [6.45, 7) is 6.42. The molecule has 0 saturated carbocycles. The molecule has 0 N–H and O–H groups in total. The van der Waals surface area contributed by atoms with Gasteiger partial charge in [-0.05, 0) is 96.3 Å². The number of carbonyl (C=O) groups excluding carboxylic acids is 3. The third kappa shape index (κ3) is 57.4. The van der Waals surface area contributed by atoms with Gasteiger partial charge >= 0.3 is 17.9 Å². The summed E-state index contributed by atoms with van der Waals surface area (Å²) >= 11 is 0. The molecule has 0 radical (unpaired) electrons. The zero-order chi connectivity index (χ0) is 51.4. The van der Waals surface area contributed by atoms with Crippen molar-refractivity contribution in [3.63, 3.8) is 0 Å². The third-order valence-electron chi connectivity index (χ3n) is 12.9. The van der Waals surface area contributed by atoms with E-state index >= 15 is 0 Å². The molecular formula is C65H112O6. The van der Waals surface area contributed by atoms with Crippen LogP contribution in [0.5, 0.6) is 0 Å². The Bertz CT molecular complexity index is 1370. The van der Waals surface area contributed by atoms with Crippen molar-refractivity contribution in [2.24, 2.45) is 0 Å². The SMILES string of the molecule is CC/C=C\C/C=C\C/C=C\C/C=C\C/C=C\C/C=C\CCCCC(=O)OC(COC(=O)CCCCCCC)COC(=O)CCCCCCCCCCCCCCCCC/C=C\CCCCCCCCCC. The predicted molar refractivity (Wildman–Crippen MR) is 307 cm³/mol. The molecule has 0 rings (SSSR count). The van der Waals surface area contributed by atoms with E-state index in [-0.39, 0.29) is 37.5 Å². The summed E-state index contributed by atoms with van der Waals surface area (Å²) in [6, 6.07) is 0. The fourth-order valence-corrected chi connectivity index (χ4v) is 8.38. The maximum atomic E-state index is 12.8. The van der Waals surface area contributed by atoms with Crippen molar-refractivity contribution in [1.82, 2.24) is 0 Å². The summed E-state index contributed by atoms with van der Waals surface area (Å²) in [4.78, 5) is 37.8. The smallest absolute Gasteiger partial charge is 0.306 e. The largest absolute Gasteiger partial charge is 0.462 e. The monoisotopic (exact) mass is 989 g/mol. The van der Waals surface area contributed by atoms with Crippen LogP contribution in [-0.2, 0) is 28.6 Å². The Labute approximate surface area is 439 Å². The first-order valence-corrected chi connectivity index (χ1v) is 30.1. The second kappa shape index (κ2) is 59.2. The zero-order valence-electron chi connectivity index (χ0n) is 46.7. The minimum absolute atomic E-state index is 0.0930. The van der Waals surface area contributed by atoms with Crippen LogP contribution in [0.4, 0.5) is 0 Å². The molecule has 1 unspecified atom stereocenters. The molecule has 0 aliphatic heterocycles. The number of allylic oxidation sites excluding steroid dienone is 14. The van der Waals surface area contributed by atoms with E-state index in [1.54, 1.807) is 0 Å². The molecule has 0 bridgehead atoms. The van der Waals surface area contributed by atoms with Gasteiger partial charge in [0.1, 0.15) is 13.2 Å². The highest BCUT2D eigenvalue weighted by atomic mass is 16.6. The lowest BCUT2D eigenvalue weighted by atomic mass is 10.0. The van der Waals surface area contributed by atoms with Gasteiger partial charge < -0.3 is 14.2 Å². The first-order chi connectivity index (χ1) is 35.0. The molecule has 0 aliphatic rings. The van der Waals surface area contributed by atoms with E-state index in [2.05, 4.69) is 106 Å². The zero-order valence-corrected chi connectivity index (χ0v) is 46.7. The summed E-state index contributed by atoms with van der Waals surface area (Å²) in [5.41, 5.74) is 0. The Morgan fingerprint density at radius 3 is 0.901 bits per heavy atom. The molecule has 408 valence electrons. The van der Waals surface area contributed by atoms with E-state index in [0.717, 1.165) is 96.3 Å². The molecule has 0 heterocycles. The Hall–Kier alpha value is -3.41. The molecule has 6 nitrogen and oxygen atoms in total. The lowest BCUT2D eigenvalue weighted by molar-refractivity contribution is -0.167. The number of carbonyl (C=O) groups is 3.